The van der Waals surface area contributed by atoms with Crippen LogP contribution in [0.25, 0.3) is 0 Å². The Morgan fingerprint density at radius 1 is 1.57 bits per heavy atom. The van der Waals surface area contributed by atoms with E-state index < -0.39 is 35.6 Å². The van der Waals surface area contributed by atoms with Gasteiger partial charge in [0, 0.05) is 0 Å². The molecule has 0 bridgehead atoms. The third-order valence-corrected chi connectivity index (χ3v) is 1.38. The third-order valence-electron chi connectivity index (χ3n) is 1.05. The minimum absolute atomic E-state index is 0.412. The second kappa shape index (κ2) is 5.40. The highest BCUT2D eigenvalue weighted by Gasteiger charge is 2.22. The Morgan fingerprint density at radius 3 is 2.43 bits per heavy atom. The van der Waals surface area contributed by atoms with Gasteiger partial charge in [0.05, 0.1) is 18.0 Å². The first-order valence-corrected chi connectivity index (χ1v) is 4.93. The summed E-state index contributed by atoms with van der Waals surface area (Å²) in [5, 5.41) is 0. The van der Waals surface area contributed by atoms with Crippen LogP contribution < -0.4 is 5.73 Å². The topological polar surface area (TPSA) is 102 Å². The standard InChI is InChI=1S/C7H15NO5S/c1-7(2,3)13-6(9)5(8)4-12-14(10)11/h5H,4,8H2,1-3H3,(H,10,11)/p-1. The number of carbonyl (C=O) groups is 1. The molecule has 2 N–H and O–H groups in total. The predicted octanol–water partition coefficient (Wildman–Crippen LogP) is -0.534. The maximum Gasteiger partial charge on any atom is 0.325 e. The van der Waals surface area contributed by atoms with E-state index in [4.69, 9.17) is 10.5 Å². The van der Waals surface area contributed by atoms with Crippen LogP contribution in [0, 0.1) is 0 Å². The van der Waals surface area contributed by atoms with E-state index in [1.54, 1.807) is 20.8 Å². The fourth-order valence-electron chi connectivity index (χ4n) is 0.574. The van der Waals surface area contributed by atoms with E-state index in [0.717, 1.165) is 0 Å². The van der Waals surface area contributed by atoms with Crippen LogP contribution in [0.3, 0.4) is 0 Å². The van der Waals surface area contributed by atoms with Gasteiger partial charge in [-0.25, -0.2) is 4.21 Å². The zero-order valence-corrected chi connectivity index (χ0v) is 9.13. The van der Waals surface area contributed by atoms with Crippen LogP contribution in [0.1, 0.15) is 20.8 Å². The van der Waals surface area contributed by atoms with Gasteiger partial charge in [-0.15, -0.1) is 0 Å². The maximum atomic E-state index is 11.1. The molecule has 0 amide bonds. The summed E-state index contributed by atoms with van der Waals surface area (Å²) >= 11 is -2.66. The van der Waals surface area contributed by atoms with E-state index in [1.807, 2.05) is 0 Å². The van der Waals surface area contributed by atoms with Crippen molar-refractivity contribution in [1.29, 1.82) is 0 Å². The van der Waals surface area contributed by atoms with Gasteiger partial charge >= 0.3 is 5.97 Å². The SMILES string of the molecule is CC(C)(C)OC(=O)C(N)COS(=O)[O-]. The molecule has 0 aliphatic carbocycles. The van der Waals surface area contributed by atoms with E-state index >= 15 is 0 Å². The Hall–Kier alpha value is -0.500. The smallest absolute Gasteiger partial charge is 0.325 e. The van der Waals surface area contributed by atoms with Crippen molar-refractivity contribution in [3.8, 4) is 0 Å². The van der Waals surface area contributed by atoms with Gasteiger partial charge in [0.1, 0.15) is 11.6 Å². The lowest BCUT2D eigenvalue weighted by molar-refractivity contribution is -0.157. The largest absolute Gasteiger partial charge is 0.750 e. The van der Waals surface area contributed by atoms with E-state index in [9.17, 15) is 13.6 Å². The summed E-state index contributed by atoms with van der Waals surface area (Å²) in [5.41, 5.74) is 4.65. The molecule has 0 saturated carbocycles. The monoisotopic (exact) mass is 224 g/mol. The van der Waals surface area contributed by atoms with Crippen molar-refractivity contribution >= 4 is 17.3 Å². The molecule has 0 fully saturated rings. The fraction of sp³-hybridized carbons (Fsp3) is 0.857. The molecule has 0 spiro atoms. The summed E-state index contributed by atoms with van der Waals surface area (Å²) in [4.78, 5) is 11.1. The van der Waals surface area contributed by atoms with E-state index in [2.05, 4.69) is 4.18 Å². The summed E-state index contributed by atoms with van der Waals surface area (Å²) in [6, 6.07) is -1.09. The molecule has 7 heteroatoms. The van der Waals surface area contributed by atoms with Crippen molar-refractivity contribution in [2.24, 2.45) is 5.73 Å². The van der Waals surface area contributed by atoms with Crippen molar-refractivity contribution in [3.63, 3.8) is 0 Å². The summed E-state index contributed by atoms with van der Waals surface area (Å²) < 4.78 is 29.0. The molecule has 0 aliphatic rings. The van der Waals surface area contributed by atoms with E-state index in [0.29, 0.717) is 0 Å². The summed E-state index contributed by atoms with van der Waals surface area (Å²) in [6.45, 7) is 4.64. The van der Waals surface area contributed by atoms with Crippen LogP contribution in [0.2, 0.25) is 0 Å². The van der Waals surface area contributed by atoms with Gasteiger partial charge in [-0.3, -0.25) is 8.98 Å². The molecule has 2 atom stereocenters. The Morgan fingerprint density at radius 2 is 2.07 bits per heavy atom. The summed E-state index contributed by atoms with van der Waals surface area (Å²) in [5.74, 6) is -0.692. The second-order valence-corrected chi connectivity index (χ2v) is 4.27. The number of nitrogens with two attached hydrogens (primary N) is 1. The third kappa shape index (κ3) is 6.96. The molecule has 0 aromatic heterocycles. The Bertz CT molecular complexity index is 225. The first-order chi connectivity index (χ1) is 6.22. The van der Waals surface area contributed by atoms with Gasteiger partial charge in [0.25, 0.3) is 0 Å². The summed E-state index contributed by atoms with van der Waals surface area (Å²) in [7, 11) is 0. The highest BCUT2D eigenvalue weighted by atomic mass is 32.2. The molecule has 0 aliphatic heterocycles. The quantitative estimate of drug-likeness (QED) is 0.508. The van der Waals surface area contributed by atoms with Crippen LogP contribution >= 0.6 is 0 Å². The molecule has 0 heterocycles. The number of esters is 1. The van der Waals surface area contributed by atoms with E-state index in [1.165, 1.54) is 0 Å². The Labute approximate surface area is 85.2 Å². The molecule has 0 rings (SSSR count). The van der Waals surface area contributed by atoms with Crippen molar-refractivity contribution < 1.29 is 22.5 Å². The van der Waals surface area contributed by atoms with Crippen molar-refractivity contribution in [3.05, 3.63) is 0 Å². The predicted molar refractivity (Wildman–Crippen MR) is 48.7 cm³/mol. The normalized spacial score (nSPS) is 16.1. The van der Waals surface area contributed by atoms with Crippen molar-refractivity contribution in [2.45, 2.75) is 32.4 Å². The highest BCUT2D eigenvalue weighted by Crippen LogP contribution is 2.07. The minimum Gasteiger partial charge on any atom is -0.750 e. The Balaban J connectivity index is 3.94. The van der Waals surface area contributed by atoms with Gasteiger partial charge in [-0.1, -0.05) is 0 Å². The zero-order chi connectivity index (χ0) is 11.4. The average molecular weight is 224 g/mol. The fourth-order valence-corrected chi connectivity index (χ4v) is 0.832. The molecule has 0 saturated heterocycles. The molecule has 14 heavy (non-hydrogen) atoms. The second-order valence-electron chi connectivity index (χ2n) is 3.63. The summed E-state index contributed by atoms with van der Waals surface area (Å²) in [6.07, 6.45) is 0. The van der Waals surface area contributed by atoms with Crippen LogP contribution in [-0.2, 0) is 25.1 Å². The van der Waals surface area contributed by atoms with Crippen molar-refractivity contribution in [1.82, 2.24) is 0 Å². The molecular formula is C7H14NO5S-. The molecule has 6 nitrogen and oxygen atoms in total. The van der Waals surface area contributed by atoms with Crippen LogP contribution in [-0.4, -0.2) is 33.0 Å². The van der Waals surface area contributed by atoms with Gasteiger partial charge in [0.2, 0.25) is 0 Å². The highest BCUT2D eigenvalue weighted by molar-refractivity contribution is 7.74. The Kier molecular flexibility index (Phi) is 5.21. The molecular weight excluding hydrogens is 210 g/mol. The lowest BCUT2D eigenvalue weighted by atomic mass is 10.2. The number of hydrogen-bond acceptors (Lipinski definition) is 6. The van der Waals surface area contributed by atoms with Crippen LogP contribution in [0.15, 0.2) is 0 Å². The van der Waals surface area contributed by atoms with Crippen molar-refractivity contribution in [2.75, 3.05) is 6.61 Å². The van der Waals surface area contributed by atoms with Gasteiger partial charge in [-0.05, 0) is 20.8 Å². The first kappa shape index (κ1) is 13.5. The number of carbonyl (C=O) groups excluding carboxylic acids is 1. The molecule has 0 aromatic carbocycles. The molecule has 0 radical (unpaired) electrons. The first-order valence-electron chi connectivity index (χ1n) is 3.93. The van der Waals surface area contributed by atoms with Gasteiger partial charge in [-0.2, -0.15) is 0 Å². The lowest BCUT2D eigenvalue weighted by Gasteiger charge is -2.22. The molecule has 0 aromatic rings. The molecule has 2 unspecified atom stereocenters. The van der Waals surface area contributed by atoms with Crippen LogP contribution in [0.5, 0.6) is 0 Å². The number of ether oxygens (including phenoxy) is 1. The molecule has 84 valence electrons. The number of hydrogen-bond donors (Lipinski definition) is 1. The lowest BCUT2D eigenvalue weighted by Crippen LogP contribution is -2.40. The van der Waals surface area contributed by atoms with Gasteiger partial charge < -0.3 is 15.0 Å². The zero-order valence-electron chi connectivity index (χ0n) is 8.31. The maximum absolute atomic E-state index is 11.1. The minimum atomic E-state index is -2.66. The number of rotatable bonds is 4. The van der Waals surface area contributed by atoms with Crippen LogP contribution in [0.4, 0.5) is 0 Å². The average Bonchev–Trinajstić information content (AvgIpc) is 1.96. The van der Waals surface area contributed by atoms with E-state index in [-0.39, 0.29) is 0 Å². The van der Waals surface area contributed by atoms with Gasteiger partial charge in [0.15, 0.2) is 0 Å².